The number of morpholine rings is 1. The largest absolute Gasteiger partial charge is 0.480 e. The Morgan fingerprint density at radius 2 is 2.10 bits per heavy atom. The van der Waals surface area contributed by atoms with Crippen LogP contribution in [-0.2, 0) is 9.53 Å². The van der Waals surface area contributed by atoms with Gasteiger partial charge in [-0.2, -0.15) is 0 Å². The van der Waals surface area contributed by atoms with Crippen LogP contribution in [0.25, 0.3) is 0 Å². The molecule has 0 radical (unpaired) electrons. The van der Waals surface area contributed by atoms with Crippen molar-refractivity contribution in [3.8, 4) is 0 Å². The number of urea groups is 1. The summed E-state index contributed by atoms with van der Waals surface area (Å²) in [6.07, 6.45) is 0. The Morgan fingerprint density at radius 1 is 1.35 bits per heavy atom. The van der Waals surface area contributed by atoms with Crippen molar-refractivity contribution in [2.45, 2.75) is 6.04 Å². The molecule has 0 aliphatic carbocycles. The summed E-state index contributed by atoms with van der Waals surface area (Å²) in [5.74, 6) is -1.10. The normalized spacial score (nSPS) is 18.7. The van der Waals surface area contributed by atoms with E-state index in [1.165, 1.54) is 11.0 Å². The van der Waals surface area contributed by atoms with Gasteiger partial charge in [-0.15, -0.1) is 0 Å². The first-order valence-electron chi connectivity index (χ1n) is 5.82. The summed E-state index contributed by atoms with van der Waals surface area (Å²) in [5, 5.41) is 12.3. The van der Waals surface area contributed by atoms with Crippen LogP contribution in [0.1, 0.15) is 0 Å². The minimum absolute atomic E-state index is 0.0237. The molecule has 2 N–H and O–H groups in total. The SMILES string of the molecule is O=C(O)C1COCCN1C(=O)Nc1ccc(Cl)c(Cl)c1. The van der Waals surface area contributed by atoms with Gasteiger partial charge in [-0.3, -0.25) is 0 Å². The summed E-state index contributed by atoms with van der Waals surface area (Å²) >= 11 is 11.6. The number of nitrogens with one attached hydrogen (secondary N) is 1. The number of carboxylic acid groups (broad SMARTS) is 1. The Balaban J connectivity index is 2.09. The van der Waals surface area contributed by atoms with Crippen LogP contribution in [0.15, 0.2) is 18.2 Å². The standard InChI is InChI=1S/C12H12Cl2N2O4/c13-8-2-1-7(5-9(8)14)15-12(19)16-3-4-20-6-10(16)11(17)18/h1-2,5,10H,3-4,6H2,(H,15,19)(H,17,18). The number of nitrogens with zero attached hydrogens (tertiary/aromatic N) is 1. The number of amides is 2. The quantitative estimate of drug-likeness (QED) is 0.877. The minimum atomic E-state index is -1.10. The van der Waals surface area contributed by atoms with Gasteiger partial charge in [0.05, 0.1) is 23.3 Å². The molecule has 0 spiro atoms. The first-order valence-corrected chi connectivity index (χ1v) is 6.58. The fourth-order valence-electron chi connectivity index (χ4n) is 1.82. The maximum absolute atomic E-state index is 12.1. The van der Waals surface area contributed by atoms with E-state index in [0.717, 1.165) is 0 Å². The Bertz CT molecular complexity index is 538. The molecule has 6 nitrogen and oxygen atoms in total. The number of carbonyl (C=O) groups excluding carboxylic acids is 1. The average Bonchev–Trinajstić information content (AvgIpc) is 2.43. The van der Waals surface area contributed by atoms with Gasteiger partial charge in [0.2, 0.25) is 0 Å². The third-order valence-corrected chi connectivity index (χ3v) is 3.58. The highest BCUT2D eigenvalue weighted by atomic mass is 35.5. The molecule has 1 aromatic carbocycles. The minimum Gasteiger partial charge on any atom is -0.480 e. The van der Waals surface area contributed by atoms with Gasteiger partial charge in [-0.25, -0.2) is 9.59 Å². The highest BCUT2D eigenvalue weighted by molar-refractivity contribution is 6.42. The van der Waals surface area contributed by atoms with Gasteiger partial charge in [-0.05, 0) is 18.2 Å². The van der Waals surface area contributed by atoms with Crippen LogP contribution in [0.2, 0.25) is 10.0 Å². The molecule has 0 saturated carbocycles. The van der Waals surface area contributed by atoms with E-state index in [1.54, 1.807) is 12.1 Å². The maximum atomic E-state index is 12.1. The molecule has 8 heteroatoms. The highest BCUT2D eigenvalue weighted by Gasteiger charge is 2.32. The second-order valence-corrected chi connectivity index (χ2v) is 5.00. The first kappa shape index (κ1) is 14.9. The lowest BCUT2D eigenvalue weighted by molar-refractivity contribution is -0.147. The lowest BCUT2D eigenvalue weighted by atomic mass is 10.2. The molecule has 1 aromatic rings. The van der Waals surface area contributed by atoms with Crippen LogP contribution < -0.4 is 5.32 Å². The van der Waals surface area contributed by atoms with E-state index in [-0.39, 0.29) is 13.2 Å². The van der Waals surface area contributed by atoms with Gasteiger partial charge in [-0.1, -0.05) is 23.2 Å². The number of carbonyl (C=O) groups is 2. The van der Waals surface area contributed by atoms with E-state index < -0.39 is 18.0 Å². The number of ether oxygens (including phenoxy) is 1. The van der Waals surface area contributed by atoms with Crippen molar-refractivity contribution < 1.29 is 19.4 Å². The summed E-state index contributed by atoms with van der Waals surface area (Å²) in [6, 6.07) is 3.12. The van der Waals surface area contributed by atoms with E-state index in [0.29, 0.717) is 22.3 Å². The summed E-state index contributed by atoms with van der Waals surface area (Å²) in [4.78, 5) is 24.4. The van der Waals surface area contributed by atoms with Crippen molar-refractivity contribution in [1.29, 1.82) is 0 Å². The van der Waals surface area contributed by atoms with Crippen LogP contribution in [-0.4, -0.2) is 47.8 Å². The molecule has 0 aromatic heterocycles. The number of hydrogen-bond donors (Lipinski definition) is 2. The van der Waals surface area contributed by atoms with Crippen molar-refractivity contribution >= 4 is 40.9 Å². The molecule has 1 unspecified atom stereocenters. The molecule has 1 aliphatic rings. The van der Waals surface area contributed by atoms with Gasteiger partial charge >= 0.3 is 12.0 Å². The Hall–Kier alpha value is -1.50. The number of halogens is 2. The molecule has 108 valence electrons. The van der Waals surface area contributed by atoms with Crippen molar-refractivity contribution in [1.82, 2.24) is 4.90 Å². The van der Waals surface area contributed by atoms with Crippen LogP contribution in [0.3, 0.4) is 0 Å². The molecular weight excluding hydrogens is 307 g/mol. The molecule has 2 rings (SSSR count). The third-order valence-electron chi connectivity index (χ3n) is 2.85. The molecule has 1 fully saturated rings. The van der Waals surface area contributed by atoms with Crippen molar-refractivity contribution in [3.63, 3.8) is 0 Å². The topological polar surface area (TPSA) is 78.9 Å². The number of aliphatic carboxylic acids is 1. The van der Waals surface area contributed by atoms with E-state index in [4.69, 9.17) is 33.0 Å². The van der Waals surface area contributed by atoms with Gasteiger partial charge in [0, 0.05) is 12.2 Å². The molecule has 2 amide bonds. The maximum Gasteiger partial charge on any atom is 0.328 e. The van der Waals surface area contributed by atoms with Crippen molar-refractivity contribution in [2.24, 2.45) is 0 Å². The smallest absolute Gasteiger partial charge is 0.328 e. The summed E-state index contributed by atoms with van der Waals surface area (Å²) in [7, 11) is 0. The van der Waals surface area contributed by atoms with Crippen LogP contribution in [0.5, 0.6) is 0 Å². The number of anilines is 1. The van der Waals surface area contributed by atoms with Crippen LogP contribution in [0, 0.1) is 0 Å². The highest BCUT2D eigenvalue weighted by Crippen LogP contribution is 2.25. The predicted octanol–water partition coefficient (Wildman–Crippen LogP) is 2.31. The van der Waals surface area contributed by atoms with E-state index in [1.807, 2.05) is 0 Å². The summed E-state index contributed by atoms with van der Waals surface area (Å²) in [6.45, 7) is 0.493. The van der Waals surface area contributed by atoms with E-state index in [9.17, 15) is 9.59 Å². The van der Waals surface area contributed by atoms with Crippen molar-refractivity contribution in [2.75, 3.05) is 25.1 Å². The molecule has 1 atom stereocenters. The van der Waals surface area contributed by atoms with E-state index >= 15 is 0 Å². The van der Waals surface area contributed by atoms with Gasteiger partial charge in [0.25, 0.3) is 0 Å². The van der Waals surface area contributed by atoms with Gasteiger partial charge < -0.3 is 20.1 Å². The molecule has 1 heterocycles. The van der Waals surface area contributed by atoms with Crippen LogP contribution in [0.4, 0.5) is 10.5 Å². The molecule has 1 saturated heterocycles. The number of carboxylic acids is 1. The zero-order chi connectivity index (χ0) is 14.7. The lowest BCUT2D eigenvalue weighted by Crippen LogP contribution is -2.53. The second kappa shape index (κ2) is 6.30. The Kier molecular flexibility index (Phi) is 4.69. The Morgan fingerprint density at radius 3 is 2.75 bits per heavy atom. The number of rotatable bonds is 2. The fourth-order valence-corrected chi connectivity index (χ4v) is 2.12. The number of benzene rings is 1. The third kappa shape index (κ3) is 3.33. The average molecular weight is 319 g/mol. The summed E-state index contributed by atoms with van der Waals surface area (Å²) in [5.41, 5.74) is 0.444. The van der Waals surface area contributed by atoms with Crippen LogP contribution >= 0.6 is 23.2 Å². The monoisotopic (exact) mass is 318 g/mol. The number of hydrogen-bond acceptors (Lipinski definition) is 3. The molecular formula is C12H12Cl2N2O4. The lowest BCUT2D eigenvalue weighted by Gasteiger charge is -2.32. The van der Waals surface area contributed by atoms with Crippen molar-refractivity contribution in [3.05, 3.63) is 28.2 Å². The zero-order valence-corrected chi connectivity index (χ0v) is 11.8. The van der Waals surface area contributed by atoms with Gasteiger partial charge in [0.1, 0.15) is 0 Å². The zero-order valence-electron chi connectivity index (χ0n) is 10.3. The van der Waals surface area contributed by atoms with Gasteiger partial charge in [0.15, 0.2) is 6.04 Å². The fraction of sp³-hybridized carbons (Fsp3) is 0.333. The molecule has 1 aliphatic heterocycles. The predicted molar refractivity (Wildman–Crippen MR) is 74.4 cm³/mol. The summed E-state index contributed by atoms with van der Waals surface area (Å²) < 4.78 is 5.07. The molecule has 0 bridgehead atoms. The second-order valence-electron chi connectivity index (χ2n) is 4.18. The molecule has 20 heavy (non-hydrogen) atoms. The Labute approximate surface area is 125 Å². The van der Waals surface area contributed by atoms with E-state index in [2.05, 4.69) is 5.32 Å². The first-order chi connectivity index (χ1) is 9.49.